The molecular weight excluding hydrogens is 357 g/mol. The highest BCUT2D eigenvalue weighted by atomic mass is 19.1. The van der Waals surface area contributed by atoms with Crippen molar-refractivity contribution in [1.82, 2.24) is 14.5 Å². The minimum atomic E-state index is -0.413. The number of esters is 1. The third-order valence-corrected chi connectivity index (χ3v) is 4.68. The van der Waals surface area contributed by atoms with E-state index in [2.05, 4.69) is 14.5 Å². The molecule has 5 nitrogen and oxygen atoms in total. The number of nitrogens with zero attached hydrogens (tertiary/aromatic N) is 3. The zero-order valence-corrected chi connectivity index (χ0v) is 15.3. The molecule has 0 N–H and O–H groups in total. The van der Waals surface area contributed by atoms with Gasteiger partial charge in [-0.1, -0.05) is 18.2 Å². The molecule has 0 bridgehead atoms. The molecule has 4 aromatic rings. The number of benzene rings is 1. The zero-order valence-electron chi connectivity index (χ0n) is 15.3. The maximum Gasteiger partial charge on any atom is 0.337 e. The van der Waals surface area contributed by atoms with Gasteiger partial charge in [-0.05, 0) is 42.3 Å². The van der Waals surface area contributed by atoms with Crippen LogP contribution in [0.3, 0.4) is 0 Å². The van der Waals surface area contributed by atoms with Crippen molar-refractivity contribution in [2.75, 3.05) is 7.11 Å². The number of carbonyl (C=O) groups excluding carboxylic acids is 1. The van der Waals surface area contributed by atoms with Crippen LogP contribution in [-0.2, 0) is 17.7 Å². The van der Waals surface area contributed by atoms with Gasteiger partial charge in [0.25, 0.3) is 0 Å². The number of hydrogen-bond acceptors (Lipinski definition) is 4. The Kier molecular flexibility index (Phi) is 4.85. The molecule has 0 unspecified atom stereocenters. The lowest BCUT2D eigenvalue weighted by molar-refractivity contribution is 0.0600. The molecule has 6 heteroatoms. The Bertz CT molecular complexity index is 1150. The van der Waals surface area contributed by atoms with E-state index in [1.54, 1.807) is 36.7 Å². The predicted octanol–water partition coefficient (Wildman–Crippen LogP) is 4.27. The first-order valence-corrected chi connectivity index (χ1v) is 8.89. The standard InChI is InChI=1S/C22H18FN3O2/c1-28-22(27)17-6-9-24-19(13-17)20-12-16-8-11-26(21(16)14-25-20)10-7-15-4-2-3-5-18(15)23/h2-6,8-9,11-14H,7,10H2,1H3. The lowest BCUT2D eigenvalue weighted by Crippen LogP contribution is -2.02. The molecule has 0 saturated carbocycles. The highest BCUT2D eigenvalue weighted by molar-refractivity contribution is 5.90. The normalized spacial score (nSPS) is 10.9. The Balaban J connectivity index is 1.60. The fraction of sp³-hybridized carbons (Fsp3) is 0.136. The quantitative estimate of drug-likeness (QED) is 0.489. The molecule has 0 radical (unpaired) electrons. The van der Waals surface area contributed by atoms with E-state index < -0.39 is 5.97 Å². The van der Waals surface area contributed by atoms with E-state index in [0.717, 1.165) is 10.9 Å². The van der Waals surface area contributed by atoms with Gasteiger partial charge in [-0.25, -0.2) is 9.18 Å². The number of ether oxygens (including phenoxy) is 1. The summed E-state index contributed by atoms with van der Waals surface area (Å²) in [5.41, 5.74) is 3.35. The first-order valence-electron chi connectivity index (χ1n) is 8.89. The van der Waals surface area contributed by atoms with Crippen molar-refractivity contribution in [2.45, 2.75) is 13.0 Å². The van der Waals surface area contributed by atoms with Crippen LogP contribution in [0.4, 0.5) is 4.39 Å². The van der Waals surface area contributed by atoms with E-state index in [1.165, 1.54) is 13.2 Å². The number of aryl methyl sites for hydroxylation is 2. The topological polar surface area (TPSA) is 57.0 Å². The van der Waals surface area contributed by atoms with Gasteiger partial charge in [0.05, 0.1) is 35.8 Å². The van der Waals surface area contributed by atoms with Crippen LogP contribution in [0.2, 0.25) is 0 Å². The molecule has 0 aliphatic rings. The minimum Gasteiger partial charge on any atom is -0.465 e. The molecule has 0 aliphatic carbocycles. The van der Waals surface area contributed by atoms with Gasteiger partial charge in [0.15, 0.2) is 0 Å². The van der Waals surface area contributed by atoms with Crippen LogP contribution in [0.5, 0.6) is 0 Å². The van der Waals surface area contributed by atoms with Crippen molar-refractivity contribution in [3.63, 3.8) is 0 Å². The molecule has 1 aromatic carbocycles. The van der Waals surface area contributed by atoms with Crippen LogP contribution in [0.1, 0.15) is 15.9 Å². The molecule has 0 aliphatic heterocycles. The van der Waals surface area contributed by atoms with E-state index in [4.69, 9.17) is 4.74 Å². The molecule has 3 heterocycles. The molecule has 0 atom stereocenters. The van der Waals surface area contributed by atoms with Gasteiger partial charge >= 0.3 is 5.97 Å². The average molecular weight is 375 g/mol. The second-order valence-electron chi connectivity index (χ2n) is 6.40. The first-order chi connectivity index (χ1) is 13.7. The van der Waals surface area contributed by atoms with Crippen molar-refractivity contribution >= 4 is 16.9 Å². The lowest BCUT2D eigenvalue weighted by atomic mass is 10.1. The van der Waals surface area contributed by atoms with Crippen molar-refractivity contribution < 1.29 is 13.9 Å². The van der Waals surface area contributed by atoms with Crippen LogP contribution < -0.4 is 0 Å². The molecule has 0 amide bonds. The SMILES string of the molecule is COC(=O)c1ccnc(-c2cc3ccn(CCc4ccccc4F)c3cn2)c1. The predicted molar refractivity (Wildman–Crippen MR) is 104 cm³/mol. The van der Waals surface area contributed by atoms with Crippen LogP contribution in [0.25, 0.3) is 22.3 Å². The Morgan fingerprint density at radius 3 is 2.75 bits per heavy atom. The van der Waals surface area contributed by atoms with Crippen LogP contribution in [-0.4, -0.2) is 27.6 Å². The summed E-state index contributed by atoms with van der Waals surface area (Å²) in [7, 11) is 1.34. The number of pyridine rings is 2. The number of methoxy groups -OCH3 is 1. The van der Waals surface area contributed by atoms with E-state index in [0.29, 0.717) is 35.5 Å². The van der Waals surface area contributed by atoms with Gasteiger partial charge in [-0.2, -0.15) is 0 Å². The molecule has 0 spiro atoms. The van der Waals surface area contributed by atoms with E-state index in [-0.39, 0.29) is 5.82 Å². The van der Waals surface area contributed by atoms with Crippen LogP contribution in [0, 0.1) is 5.82 Å². The summed E-state index contributed by atoms with van der Waals surface area (Å²) in [6.07, 6.45) is 5.90. The Morgan fingerprint density at radius 1 is 1.11 bits per heavy atom. The van der Waals surface area contributed by atoms with Gasteiger partial charge in [0.2, 0.25) is 0 Å². The van der Waals surface area contributed by atoms with E-state index in [1.807, 2.05) is 24.4 Å². The number of aromatic nitrogens is 3. The summed E-state index contributed by atoms with van der Waals surface area (Å²) >= 11 is 0. The van der Waals surface area contributed by atoms with Crippen LogP contribution >= 0.6 is 0 Å². The largest absolute Gasteiger partial charge is 0.465 e. The van der Waals surface area contributed by atoms with Gasteiger partial charge in [-0.15, -0.1) is 0 Å². The molecule has 28 heavy (non-hydrogen) atoms. The lowest BCUT2D eigenvalue weighted by Gasteiger charge is -2.07. The fourth-order valence-electron chi connectivity index (χ4n) is 3.18. The summed E-state index contributed by atoms with van der Waals surface area (Å²) in [5, 5.41) is 1.00. The van der Waals surface area contributed by atoms with E-state index >= 15 is 0 Å². The summed E-state index contributed by atoms with van der Waals surface area (Å²) < 4.78 is 20.6. The molecular formula is C22H18FN3O2. The molecule has 3 aromatic heterocycles. The minimum absolute atomic E-state index is 0.184. The third kappa shape index (κ3) is 3.49. The Labute approximate surface area is 161 Å². The number of halogens is 1. The van der Waals surface area contributed by atoms with Crippen molar-refractivity contribution in [3.05, 3.63) is 84.1 Å². The maximum absolute atomic E-state index is 13.8. The number of hydrogen-bond donors (Lipinski definition) is 0. The van der Waals surface area contributed by atoms with Crippen molar-refractivity contribution in [3.8, 4) is 11.4 Å². The third-order valence-electron chi connectivity index (χ3n) is 4.68. The summed E-state index contributed by atoms with van der Waals surface area (Å²) in [5.74, 6) is -0.597. The maximum atomic E-state index is 13.8. The first kappa shape index (κ1) is 17.9. The second-order valence-corrected chi connectivity index (χ2v) is 6.40. The fourth-order valence-corrected chi connectivity index (χ4v) is 3.18. The zero-order chi connectivity index (χ0) is 19.5. The highest BCUT2D eigenvalue weighted by Crippen LogP contribution is 2.23. The Hall–Kier alpha value is -3.54. The molecule has 140 valence electrons. The van der Waals surface area contributed by atoms with Gasteiger partial charge in [-0.3, -0.25) is 9.97 Å². The Morgan fingerprint density at radius 2 is 1.93 bits per heavy atom. The average Bonchev–Trinajstić information content (AvgIpc) is 3.15. The summed E-state index contributed by atoms with van der Waals surface area (Å²) in [6, 6.07) is 14.0. The van der Waals surface area contributed by atoms with E-state index in [9.17, 15) is 9.18 Å². The van der Waals surface area contributed by atoms with Gasteiger partial charge in [0.1, 0.15) is 5.82 Å². The van der Waals surface area contributed by atoms with Gasteiger partial charge < -0.3 is 9.30 Å². The summed E-state index contributed by atoms with van der Waals surface area (Å²) in [4.78, 5) is 20.5. The highest BCUT2D eigenvalue weighted by Gasteiger charge is 2.11. The number of fused-ring (bicyclic) bond motifs is 1. The number of rotatable bonds is 5. The van der Waals surface area contributed by atoms with Crippen molar-refractivity contribution in [1.29, 1.82) is 0 Å². The molecule has 0 fully saturated rings. The van der Waals surface area contributed by atoms with Crippen molar-refractivity contribution in [2.24, 2.45) is 0 Å². The monoisotopic (exact) mass is 375 g/mol. The second kappa shape index (κ2) is 7.60. The van der Waals surface area contributed by atoms with Crippen LogP contribution in [0.15, 0.2) is 67.1 Å². The molecule has 0 saturated heterocycles. The number of carbonyl (C=O) groups is 1. The molecule has 4 rings (SSSR count). The smallest absolute Gasteiger partial charge is 0.337 e. The summed E-state index contributed by atoms with van der Waals surface area (Å²) in [6.45, 7) is 0.654. The van der Waals surface area contributed by atoms with Gasteiger partial charge in [0, 0.05) is 24.3 Å².